The maximum atomic E-state index is 11.8. The number of carbonyl (C=O) groups is 3. The van der Waals surface area contributed by atoms with Crippen molar-refractivity contribution in [3.05, 3.63) is 17.5 Å². The highest BCUT2D eigenvalue weighted by Crippen LogP contribution is 2.01. The van der Waals surface area contributed by atoms with Crippen molar-refractivity contribution in [3.63, 3.8) is 0 Å². The third-order valence-corrected chi connectivity index (χ3v) is 2.55. The Kier molecular flexibility index (Phi) is 5.85. The molecule has 0 aliphatic heterocycles. The van der Waals surface area contributed by atoms with E-state index in [4.69, 9.17) is 14.4 Å². The standard InChI is InChI=1S/C12H17N3O6/c1-6-4-8(15-21-6)11(17)13-7(2)10(16)14-9(5-20-3)12(18)19/h4,7,9H,5H2,1-3H3,(H,13,17)(H,14,16)(H,18,19). The molecule has 0 aliphatic carbocycles. The molecule has 0 bridgehead atoms. The molecule has 9 heteroatoms. The van der Waals surface area contributed by atoms with Gasteiger partial charge in [-0.1, -0.05) is 5.16 Å². The number of carboxylic acid groups (broad SMARTS) is 1. The summed E-state index contributed by atoms with van der Waals surface area (Å²) >= 11 is 0. The van der Waals surface area contributed by atoms with Gasteiger partial charge in [0.05, 0.1) is 6.61 Å². The van der Waals surface area contributed by atoms with E-state index in [2.05, 4.69) is 15.8 Å². The fraction of sp³-hybridized carbons (Fsp3) is 0.500. The molecule has 0 spiro atoms. The molecule has 3 N–H and O–H groups in total. The van der Waals surface area contributed by atoms with Gasteiger partial charge in [-0.15, -0.1) is 0 Å². The van der Waals surface area contributed by atoms with Crippen LogP contribution in [-0.4, -0.2) is 53.8 Å². The second kappa shape index (κ2) is 7.39. The Bertz CT molecular complexity index is 527. The highest BCUT2D eigenvalue weighted by Gasteiger charge is 2.24. The first-order valence-corrected chi connectivity index (χ1v) is 6.11. The van der Waals surface area contributed by atoms with Crippen molar-refractivity contribution in [2.24, 2.45) is 0 Å². The van der Waals surface area contributed by atoms with Crippen LogP contribution < -0.4 is 10.6 Å². The highest BCUT2D eigenvalue weighted by molar-refractivity contribution is 5.96. The van der Waals surface area contributed by atoms with Crippen LogP contribution in [0.3, 0.4) is 0 Å². The van der Waals surface area contributed by atoms with Crippen molar-refractivity contribution < 1.29 is 28.8 Å². The largest absolute Gasteiger partial charge is 0.480 e. The van der Waals surface area contributed by atoms with Gasteiger partial charge < -0.3 is 25.0 Å². The van der Waals surface area contributed by atoms with Gasteiger partial charge in [-0.2, -0.15) is 0 Å². The zero-order chi connectivity index (χ0) is 16.0. The molecule has 9 nitrogen and oxygen atoms in total. The van der Waals surface area contributed by atoms with Gasteiger partial charge in [0.15, 0.2) is 11.7 Å². The molecular weight excluding hydrogens is 282 g/mol. The van der Waals surface area contributed by atoms with Crippen molar-refractivity contribution in [1.29, 1.82) is 0 Å². The number of ether oxygens (including phenoxy) is 1. The number of aryl methyl sites for hydroxylation is 1. The first kappa shape index (κ1) is 16.6. The van der Waals surface area contributed by atoms with E-state index in [-0.39, 0.29) is 12.3 Å². The van der Waals surface area contributed by atoms with Crippen LogP contribution >= 0.6 is 0 Å². The summed E-state index contributed by atoms with van der Waals surface area (Å²) in [5.41, 5.74) is 0.0406. The van der Waals surface area contributed by atoms with E-state index in [1.807, 2.05) is 0 Å². The predicted molar refractivity (Wildman–Crippen MR) is 69.6 cm³/mol. The van der Waals surface area contributed by atoms with Gasteiger partial charge in [0, 0.05) is 13.2 Å². The predicted octanol–water partition coefficient (Wildman–Crippen LogP) is -0.683. The highest BCUT2D eigenvalue weighted by atomic mass is 16.5. The van der Waals surface area contributed by atoms with Crippen molar-refractivity contribution >= 4 is 17.8 Å². The number of amides is 2. The average Bonchev–Trinajstić information content (AvgIpc) is 2.84. The van der Waals surface area contributed by atoms with Crippen LogP contribution in [0.1, 0.15) is 23.2 Å². The lowest BCUT2D eigenvalue weighted by atomic mass is 10.2. The maximum absolute atomic E-state index is 11.8. The van der Waals surface area contributed by atoms with Crippen LogP contribution in [0.15, 0.2) is 10.6 Å². The van der Waals surface area contributed by atoms with Crippen LogP contribution in [0.4, 0.5) is 0 Å². The molecule has 2 unspecified atom stereocenters. The summed E-state index contributed by atoms with van der Waals surface area (Å²) in [5.74, 6) is -2.00. The Morgan fingerprint density at radius 2 is 2.10 bits per heavy atom. The molecule has 2 atom stereocenters. The molecule has 0 saturated heterocycles. The van der Waals surface area contributed by atoms with E-state index >= 15 is 0 Å². The topological polar surface area (TPSA) is 131 Å². The van der Waals surface area contributed by atoms with Crippen LogP contribution in [0.5, 0.6) is 0 Å². The molecule has 1 aromatic heterocycles. The number of nitrogens with one attached hydrogen (secondary N) is 2. The second-order valence-electron chi connectivity index (χ2n) is 4.37. The van der Waals surface area contributed by atoms with Crippen molar-refractivity contribution in [3.8, 4) is 0 Å². The first-order chi connectivity index (χ1) is 9.85. The van der Waals surface area contributed by atoms with Crippen LogP contribution in [0.25, 0.3) is 0 Å². The fourth-order valence-corrected chi connectivity index (χ4v) is 1.45. The lowest BCUT2D eigenvalue weighted by molar-refractivity contribution is -0.143. The van der Waals surface area contributed by atoms with Gasteiger partial charge in [-0.3, -0.25) is 9.59 Å². The zero-order valence-electron chi connectivity index (χ0n) is 11.9. The minimum atomic E-state index is -1.23. The number of aliphatic carboxylic acids is 1. The summed E-state index contributed by atoms with van der Waals surface area (Å²) in [5, 5.41) is 17.1. The fourth-order valence-electron chi connectivity index (χ4n) is 1.45. The Balaban J connectivity index is 2.57. The van der Waals surface area contributed by atoms with E-state index in [0.29, 0.717) is 5.76 Å². The van der Waals surface area contributed by atoms with Gasteiger partial charge >= 0.3 is 5.97 Å². The molecule has 0 aromatic carbocycles. The van der Waals surface area contributed by atoms with Gasteiger partial charge in [-0.05, 0) is 13.8 Å². The van der Waals surface area contributed by atoms with Crippen molar-refractivity contribution in [2.75, 3.05) is 13.7 Å². The third kappa shape index (κ3) is 4.88. The third-order valence-electron chi connectivity index (χ3n) is 2.55. The van der Waals surface area contributed by atoms with Gasteiger partial charge in [0.25, 0.3) is 5.91 Å². The van der Waals surface area contributed by atoms with Crippen molar-refractivity contribution in [2.45, 2.75) is 25.9 Å². The van der Waals surface area contributed by atoms with Crippen LogP contribution in [-0.2, 0) is 14.3 Å². The minimum Gasteiger partial charge on any atom is -0.480 e. The quantitative estimate of drug-likeness (QED) is 0.607. The molecule has 0 saturated carbocycles. The molecule has 0 fully saturated rings. The van der Waals surface area contributed by atoms with E-state index < -0.39 is 29.9 Å². The molecule has 0 radical (unpaired) electrons. The lowest BCUT2D eigenvalue weighted by Crippen LogP contribution is -2.51. The van der Waals surface area contributed by atoms with Crippen molar-refractivity contribution in [1.82, 2.24) is 15.8 Å². The maximum Gasteiger partial charge on any atom is 0.328 e. The molecule has 116 valence electrons. The first-order valence-electron chi connectivity index (χ1n) is 6.11. The normalized spacial score (nSPS) is 13.3. The summed E-state index contributed by atoms with van der Waals surface area (Å²) in [7, 11) is 1.32. The minimum absolute atomic E-state index is 0.0406. The summed E-state index contributed by atoms with van der Waals surface area (Å²) in [6, 6.07) is -0.699. The summed E-state index contributed by atoms with van der Waals surface area (Å²) in [4.78, 5) is 34.5. The molecule has 0 aliphatic rings. The van der Waals surface area contributed by atoms with Crippen LogP contribution in [0, 0.1) is 6.92 Å². The number of nitrogens with zero attached hydrogens (tertiary/aromatic N) is 1. The van der Waals surface area contributed by atoms with E-state index in [0.717, 1.165) is 0 Å². The Hall–Kier alpha value is -2.42. The summed E-state index contributed by atoms with van der Waals surface area (Å²) in [6.07, 6.45) is 0. The van der Waals surface area contributed by atoms with Gasteiger partial charge in [0.1, 0.15) is 11.8 Å². The number of carboxylic acids is 1. The van der Waals surface area contributed by atoms with E-state index in [1.54, 1.807) is 6.92 Å². The Labute approximate surface area is 120 Å². The number of carbonyl (C=O) groups excluding carboxylic acids is 2. The number of hydrogen-bond donors (Lipinski definition) is 3. The number of methoxy groups -OCH3 is 1. The SMILES string of the molecule is COCC(NC(=O)C(C)NC(=O)c1cc(C)on1)C(=O)O. The molecule has 1 heterocycles. The smallest absolute Gasteiger partial charge is 0.328 e. The lowest BCUT2D eigenvalue weighted by Gasteiger charge is -2.17. The molecule has 21 heavy (non-hydrogen) atoms. The van der Waals surface area contributed by atoms with Gasteiger partial charge in [0.2, 0.25) is 5.91 Å². The molecular formula is C12H17N3O6. The molecule has 1 aromatic rings. The summed E-state index contributed by atoms with van der Waals surface area (Å²) < 4.78 is 9.44. The van der Waals surface area contributed by atoms with E-state index in [9.17, 15) is 14.4 Å². The number of rotatable bonds is 7. The average molecular weight is 299 g/mol. The molecule has 1 rings (SSSR count). The van der Waals surface area contributed by atoms with Gasteiger partial charge in [-0.25, -0.2) is 4.79 Å². The Morgan fingerprint density at radius 1 is 1.43 bits per heavy atom. The Morgan fingerprint density at radius 3 is 2.57 bits per heavy atom. The molecule has 2 amide bonds. The van der Waals surface area contributed by atoms with E-state index in [1.165, 1.54) is 20.1 Å². The number of hydrogen-bond acceptors (Lipinski definition) is 6. The number of aromatic nitrogens is 1. The second-order valence-corrected chi connectivity index (χ2v) is 4.37. The zero-order valence-corrected chi connectivity index (χ0v) is 11.9. The summed E-state index contributed by atoms with van der Waals surface area (Å²) in [6.45, 7) is 2.87. The van der Waals surface area contributed by atoms with Crippen LogP contribution in [0.2, 0.25) is 0 Å². The monoisotopic (exact) mass is 299 g/mol.